The number of hydrogen-bond acceptors (Lipinski definition) is 2. The van der Waals surface area contributed by atoms with Gasteiger partial charge in [-0.2, -0.15) is 0 Å². The summed E-state index contributed by atoms with van der Waals surface area (Å²) in [6, 6.07) is 9.25. The van der Waals surface area contributed by atoms with E-state index in [1.807, 2.05) is 24.3 Å². The van der Waals surface area contributed by atoms with Crippen molar-refractivity contribution in [3.63, 3.8) is 0 Å². The van der Waals surface area contributed by atoms with E-state index in [0.717, 1.165) is 19.3 Å². The van der Waals surface area contributed by atoms with Crippen LogP contribution >= 0.6 is 0 Å². The molecule has 0 fully saturated rings. The van der Waals surface area contributed by atoms with Crippen LogP contribution in [0.1, 0.15) is 51.4 Å². The van der Waals surface area contributed by atoms with Crippen molar-refractivity contribution >= 4 is 35.5 Å². The van der Waals surface area contributed by atoms with Crippen LogP contribution in [0.4, 0.5) is 0 Å². The first-order valence-electron chi connectivity index (χ1n) is 7.19. The Labute approximate surface area is 144 Å². The maximum absolute atomic E-state index is 11.6. The van der Waals surface area contributed by atoms with Gasteiger partial charge in [0.2, 0.25) is 0 Å². The Bertz CT molecular complexity index is 363. The van der Waals surface area contributed by atoms with Crippen LogP contribution < -0.4 is 4.74 Å². The van der Waals surface area contributed by atoms with Crippen molar-refractivity contribution in [1.82, 2.24) is 0 Å². The molecule has 1 rings (SSSR count). The van der Waals surface area contributed by atoms with E-state index >= 15 is 0 Å². The molecule has 0 saturated heterocycles. The molecule has 3 heteroatoms. The Morgan fingerprint density at radius 2 is 1.60 bits per heavy atom. The SMILES string of the molecule is C=CCCCCCCCCC(=O)Oc1ccccc1.[NaH]. The molecular formula is C17H25NaO2. The van der Waals surface area contributed by atoms with E-state index in [9.17, 15) is 4.79 Å². The molecule has 20 heavy (non-hydrogen) atoms. The fourth-order valence-corrected chi connectivity index (χ4v) is 1.94. The normalized spacial score (nSPS) is 9.60. The van der Waals surface area contributed by atoms with E-state index in [1.54, 1.807) is 12.1 Å². The van der Waals surface area contributed by atoms with Gasteiger partial charge in [0.05, 0.1) is 0 Å². The van der Waals surface area contributed by atoms with Crippen molar-refractivity contribution in [3.8, 4) is 5.75 Å². The minimum absolute atomic E-state index is 0. The number of rotatable bonds is 10. The van der Waals surface area contributed by atoms with Crippen molar-refractivity contribution in [3.05, 3.63) is 43.0 Å². The first-order valence-corrected chi connectivity index (χ1v) is 7.19. The molecule has 0 unspecified atom stereocenters. The van der Waals surface area contributed by atoms with Crippen LogP contribution in [0.5, 0.6) is 5.75 Å². The number of unbranched alkanes of at least 4 members (excludes halogenated alkanes) is 6. The third-order valence-corrected chi connectivity index (χ3v) is 3.01. The molecule has 1 aromatic rings. The summed E-state index contributed by atoms with van der Waals surface area (Å²) in [4.78, 5) is 11.6. The molecule has 0 aliphatic heterocycles. The molecule has 0 heterocycles. The van der Waals surface area contributed by atoms with Crippen LogP contribution in [0.2, 0.25) is 0 Å². The third-order valence-electron chi connectivity index (χ3n) is 3.01. The van der Waals surface area contributed by atoms with Gasteiger partial charge >= 0.3 is 35.5 Å². The first-order chi connectivity index (χ1) is 9.33. The molecule has 0 amide bonds. The number of carbonyl (C=O) groups excluding carboxylic acids is 1. The van der Waals surface area contributed by atoms with E-state index < -0.39 is 0 Å². The zero-order valence-electron chi connectivity index (χ0n) is 11.6. The maximum atomic E-state index is 11.6. The summed E-state index contributed by atoms with van der Waals surface area (Å²) >= 11 is 0. The van der Waals surface area contributed by atoms with Crippen LogP contribution in [0.25, 0.3) is 0 Å². The van der Waals surface area contributed by atoms with Gasteiger partial charge in [0.15, 0.2) is 0 Å². The van der Waals surface area contributed by atoms with E-state index in [1.165, 1.54) is 25.7 Å². The summed E-state index contributed by atoms with van der Waals surface area (Å²) in [5, 5.41) is 0. The number of carbonyl (C=O) groups is 1. The third kappa shape index (κ3) is 10.2. The first kappa shape index (κ1) is 19.4. The van der Waals surface area contributed by atoms with E-state index in [2.05, 4.69) is 6.58 Å². The minimum atomic E-state index is -0.127. The van der Waals surface area contributed by atoms with Gasteiger partial charge in [-0.1, -0.05) is 50.0 Å². The quantitative estimate of drug-likeness (QED) is 0.211. The molecule has 106 valence electrons. The van der Waals surface area contributed by atoms with Gasteiger partial charge in [-0.25, -0.2) is 0 Å². The predicted octanol–water partition coefficient (Wildman–Crippen LogP) is 4.25. The topological polar surface area (TPSA) is 26.3 Å². The summed E-state index contributed by atoms with van der Waals surface area (Å²) in [6.07, 6.45) is 10.6. The number of benzene rings is 1. The van der Waals surface area contributed by atoms with Crippen LogP contribution in [0.3, 0.4) is 0 Å². The number of allylic oxidation sites excluding steroid dienone is 1. The zero-order chi connectivity index (χ0) is 13.8. The molecule has 0 aliphatic rings. The van der Waals surface area contributed by atoms with E-state index in [-0.39, 0.29) is 35.5 Å². The number of para-hydroxylation sites is 1. The van der Waals surface area contributed by atoms with Crippen LogP contribution in [0, 0.1) is 0 Å². The molecule has 0 atom stereocenters. The number of esters is 1. The Balaban J connectivity index is 0.00000361. The summed E-state index contributed by atoms with van der Waals surface area (Å²) in [6.45, 7) is 3.71. The van der Waals surface area contributed by atoms with Crippen molar-refractivity contribution in [2.75, 3.05) is 0 Å². The second-order valence-electron chi connectivity index (χ2n) is 4.74. The van der Waals surface area contributed by atoms with Gasteiger partial charge in [0.1, 0.15) is 5.75 Å². The Morgan fingerprint density at radius 3 is 2.25 bits per heavy atom. The van der Waals surface area contributed by atoms with E-state index in [4.69, 9.17) is 4.74 Å². The Hall–Kier alpha value is -0.570. The average Bonchev–Trinajstić information content (AvgIpc) is 2.43. The molecular weight excluding hydrogens is 259 g/mol. The molecule has 0 bridgehead atoms. The van der Waals surface area contributed by atoms with E-state index in [0.29, 0.717) is 12.2 Å². The summed E-state index contributed by atoms with van der Waals surface area (Å²) < 4.78 is 5.22. The molecule has 0 radical (unpaired) electrons. The van der Waals surface area contributed by atoms with Crippen LogP contribution in [-0.2, 0) is 4.79 Å². The monoisotopic (exact) mass is 284 g/mol. The molecule has 0 N–H and O–H groups in total. The average molecular weight is 284 g/mol. The molecule has 1 aromatic carbocycles. The van der Waals surface area contributed by atoms with Gasteiger partial charge in [0, 0.05) is 6.42 Å². The van der Waals surface area contributed by atoms with Crippen molar-refractivity contribution in [2.45, 2.75) is 51.4 Å². The van der Waals surface area contributed by atoms with Gasteiger partial charge in [0.25, 0.3) is 0 Å². The fourth-order valence-electron chi connectivity index (χ4n) is 1.94. The molecule has 2 nitrogen and oxygen atoms in total. The van der Waals surface area contributed by atoms with Crippen molar-refractivity contribution in [1.29, 1.82) is 0 Å². The van der Waals surface area contributed by atoms with Gasteiger partial charge in [-0.15, -0.1) is 6.58 Å². The van der Waals surface area contributed by atoms with Crippen molar-refractivity contribution in [2.24, 2.45) is 0 Å². The van der Waals surface area contributed by atoms with Gasteiger partial charge in [-0.3, -0.25) is 4.79 Å². The number of ether oxygens (including phenoxy) is 1. The summed E-state index contributed by atoms with van der Waals surface area (Å²) in [5.74, 6) is 0.509. The predicted molar refractivity (Wildman–Crippen MR) is 86.4 cm³/mol. The summed E-state index contributed by atoms with van der Waals surface area (Å²) in [7, 11) is 0. The molecule has 0 spiro atoms. The second kappa shape index (κ2) is 13.4. The van der Waals surface area contributed by atoms with Gasteiger partial charge in [-0.05, 0) is 31.4 Å². The molecule has 0 saturated carbocycles. The summed E-state index contributed by atoms with van der Waals surface area (Å²) in [5.41, 5.74) is 0. The Morgan fingerprint density at radius 1 is 1.00 bits per heavy atom. The van der Waals surface area contributed by atoms with Gasteiger partial charge < -0.3 is 4.74 Å². The Kier molecular flexibility index (Phi) is 13.0. The van der Waals surface area contributed by atoms with Crippen molar-refractivity contribution < 1.29 is 9.53 Å². The second-order valence-corrected chi connectivity index (χ2v) is 4.74. The van der Waals surface area contributed by atoms with Crippen LogP contribution in [0.15, 0.2) is 43.0 Å². The molecule has 0 aliphatic carbocycles. The molecule has 0 aromatic heterocycles. The van der Waals surface area contributed by atoms with Crippen LogP contribution in [-0.4, -0.2) is 35.5 Å². The fraction of sp³-hybridized carbons (Fsp3) is 0.471. The number of hydrogen-bond donors (Lipinski definition) is 0. The standard InChI is InChI=1S/C17H24O2.Na.H/c1-2-3-4-5-6-7-8-12-15-17(18)19-16-13-10-9-11-14-16;;/h2,9-11,13-14H,1,3-8,12,15H2;;. The zero-order valence-corrected chi connectivity index (χ0v) is 11.6.